The first kappa shape index (κ1) is 19.5. The van der Waals surface area contributed by atoms with Crippen molar-refractivity contribution in [1.29, 1.82) is 0 Å². The van der Waals surface area contributed by atoms with Crippen molar-refractivity contribution in [3.63, 3.8) is 0 Å². The highest BCUT2D eigenvalue weighted by molar-refractivity contribution is 5.92. The molecular weight excluding hydrogens is 328 g/mol. The summed E-state index contributed by atoms with van der Waals surface area (Å²) in [5.74, 6) is 1.21. The van der Waals surface area contributed by atoms with E-state index < -0.39 is 0 Å². The molecule has 0 fully saturated rings. The third-order valence-electron chi connectivity index (χ3n) is 3.87. The fraction of sp³-hybridized carbons (Fsp3) is 0.286. The first-order valence-electron chi connectivity index (χ1n) is 8.43. The summed E-state index contributed by atoms with van der Waals surface area (Å²) in [5, 5.41) is 3.06. The van der Waals surface area contributed by atoms with Gasteiger partial charge in [-0.2, -0.15) is 0 Å². The van der Waals surface area contributed by atoms with E-state index in [0.717, 1.165) is 17.7 Å². The molecule has 5 heteroatoms. The number of carbonyl (C=O) groups is 1. The molecule has 0 aliphatic carbocycles. The maximum Gasteiger partial charge on any atom is 0.244 e. The first-order valence-corrected chi connectivity index (χ1v) is 8.43. The minimum absolute atomic E-state index is 0.0804. The van der Waals surface area contributed by atoms with Crippen LogP contribution in [0.5, 0.6) is 11.5 Å². The monoisotopic (exact) mass is 354 g/mol. The third kappa shape index (κ3) is 5.93. The molecule has 0 unspecified atom stereocenters. The van der Waals surface area contributed by atoms with Crippen molar-refractivity contribution >= 4 is 12.0 Å². The van der Waals surface area contributed by atoms with Gasteiger partial charge in [-0.15, -0.1) is 0 Å². The summed E-state index contributed by atoms with van der Waals surface area (Å²) >= 11 is 0. The zero-order valence-corrected chi connectivity index (χ0v) is 15.7. The van der Waals surface area contributed by atoms with Crippen LogP contribution in [-0.2, 0) is 4.79 Å². The lowest BCUT2D eigenvalue weighted by Crippen LogP contribution is -2.34. The zero-order valence-electron chi connectivity index (χ0n) is 15.7. The molecule has 0 bridgehead atoms. The lowest BCUT2D eigenvalue weighted by atomic mass is 10.1. The highest BCUT2D eigenvalue weighted by atomic mass is 16.5. The number of carbonyl (C=O) groups excluding carboxylic acids is 1. The molecule has 2 rings (SSSR count). The molecule has 0 aliphatic rings. The standard InChI is InChI=1S/C21H26N2O3/c1-23(2)15-20(17-8-6-5-7-9-17)22-21(24)11-10-16-12-18(25-3)14-19(13-16)26-4/h5-14,20H,15H2,1-4H3,(H,22,24)/b11-10+/t20-/m1/s1. The molecule has 0 aliphatic heterocycles. The van der Waals surface area contributed by atoms with E-state index in [4.69, 9.17) is 9.47 Å². The van der Waals surface area contributed by atoms with Crippen LogP contribution in [0.4, 0.5) is 0 Å². The molecule has 0 saturated carbocycles. The van der Waals surface area contributed by atoms with Crippen LogP contribution in [0.25, 0.3) is 6.08 Å². The largest absolute Gasteiger partial charge is 0.497 e. The van der Waals surface area contributed by atoms with E-state index in [1.807, 2.05) is 56.6 Å². The van der Waals surface area contributed by atoms with Gasteiger partial charge in [-0.3, -0.25) is 4.79 Å². The van der Waals surface area contributed by atoms with Gasteiger partial charge in [0.1, 0.15) is 11.5 Å². The lowest BCUT2D eigenvalue weighted by Gasteiger charge is -2.22. The van der Waals surface area contributed by atoms with Gasteiger partial charge in [0.25, 0.3) is 0 Å². The van der Waals surface area contributed by atoms with Crippen molar-refractivity contribution in [2.75, 3.05) is 34.9 Å². The van der Waals surface area contributed by atoms with E-state index in [0.29, 0.717) is 11.5 Å². The number of nitrogens with zero attached hydrogens (tertiary/aromatic N) is 1. The van der Waals surface area contributed by atoms with Crippen LogP contribution < -0.4 is 14.8 Å². The van der Waals surface area contributed by atoms with Crippen LogP contribution in [0.3, 0.4) is 0 Å². The predicted octanol–water partition coefficient (Wildman–Crippen LogP) is 3.14. The number of likely N-dealkylation sites (N-methyl/N-ethyl adjacent to an activating group) is 1. The number of hydrogen-bond acceptors (Lipinski definition) is 4. The Bertz CT molecular complexity index is 720. The smallest absolute Gasteiger partial charge is 0.244 e. The molecule has 1 atom stereocenters. The molecule has 26 heavy (non-hydrogen) atoms. The van der Waals surface area contributed by atoms with Gasteiger partial charge in [0.05, 0.1) is 20.3 Å². The molecule has 2 aromatic carbocycles. The molecule has 0 radical (unpaired) electrons. The topological polar surface area (TPSA) is 50.8 Å². The van der Waals surface area contributed by atoms with Gasteiger partial charge in [-0.1, -0.05) is 30.3 Å². The van der Waals surface area contributed by atoms with Crippen LogP contribution >= 0.6 is 0 Å². The molecule has 1 N–H and O–H groups in total. The summed E-state index contributed by atoms with van der Waals surface area (Å²) in [7, 11) is 7.17. The van der Waals surface area contributed by atoms with Crippen molar-refractivity contribution in [3.05, 3.63) is 65.7 Å². The Kier molecular flexibility index (Phi) is 7.24. The SMILES string of the molecule is COc1cc(/C=C/C(=O)N[C@H](CN(C)C)c2ccccc2)cc(OC)c1. The van der Waals surface area contributed by atoms with Crippen LogP contribution in [-0.4, -0.2) is 45.7 Å². The van der Waals surface area contributed by atoms with Crippen LogP contribution in [0.2, 0.25) is 0 Å². The number of nitrogens with one attached hydrogen (secondary N) is 1. The molecule has 0 saturated heterocycles. The molecule has 2 aromatic rings. The van der Waals surface area contributed by atoms with Gasteiger partial charge in [-0.05, 0) is 43.4 Å². The fourth-order valence-corrected chi connectivity index (χ4v) is 2.60. The Morgan fingerprint density at radius 2 is 1.69 bits per heavy atom. The Morgan fingerprint density at radius 3 is 2.23 bits per heavy atom. The Balaban J connectivity index is 2.11. The van der Waals surface area contributed by atoms with Gasteiger partial charge in [-0.25, -0.2) is 0 Å². The Hall–Kier alpha value is -2.79. The van der Waals surface area contributed by atoms with Crippen molar-refractivity contribution in [2.24, 2.45) is 0 Å². The second-order valence-corrected chi connectivity index (χ2v) is 6.21. The molecule has 0 heterocycles. The highest BCUT2D eigenvalue weighted by Crippen LogP contribution is 2.23. The molecule has 138 valence electrons. The van der Waals surface area contributed by atoms with Gasteiger partial charge in [0, 0.05) is 18.7 Å². The van der Waals surface area contributed by atoms with E-state index >= 15 is 0 Å². The minimum Gasteiger partial charge on any atom is -0.497 e. The van der Waals surface area contributed by atoms with E-state index in [-0.39, 0.29) is 11.9 Å². The van der Waals surface area contributed by atoms with Crippen molar-refractivity contribution in [2.45, 2.75) is 6.04 Å². The summed E-state index contributed by atoms with van der Waals surface area (Å²) in [4.78, 5) is 14.5. The van der Waals surface area contributed by atoms with Crippen LogP contribution in [0, 0.1) is 0 Å². The van der Waals surface area contributed by atoms with Crippen LogP contribution in [0.1, 0.15) is 17.2 Å². The summed E-state index contributed by atoms with van der Waals surface area (Å²) in [6.07, 6.45) is 3.28. The Labute approximate surface area is 155 Å². The van der Waals surface area contributed by atoms with Crippen molar-refractivity contribution < 1.29 is 14.3 Å². The van der Waals surface area contributed by atoms with Gasteiger partial charge in [0.2, 0.25) is 5.91 Å². The maximum absolute atomic E-state index is 12.4. The summed E-state index contributed by atoms with van der Waals surface area (Å²) in [6.45, 7) is 0.719. The fourth-order valence-electron chi connectivity index (χ4n) is 2.60. The number of benzene rings is 2. The summed E-state index contributed by atoms with van der Waals surface area (Å²) < 4.78 is 10.5. The first-order chi connectivity index (χ1) is 12.5. The maximum atomic E-state index is 12.4. The second kappa shape index (κ2) is 9.63. The number of methoxy groups -OCH3 is 2. The number of hydrogen-bond donors (Lipinski definition) is 1. The highest BCUT2D eigenvalue weighted by Gasteiger charge is 2.14. The van der Waals surface area contributed by atoms with Gasteiger partial charge < -0.3 is 19.7 Å². The van der Waals surface area contributed by atoms with Gasteiger partial charge >= 0.3 is 0 Å². The molecular formula is C21H26N2O3. The van der Waals surface area contributed by atoms with Crippen molar-refractivity contribution in [1.82, 2.24) is 10.2 Å². The zero-order chi connectivity index (χ0) is 18.9. The quantitative estimate of drug-likeness (QED) is 0.740. The molecule has 1 amide bonds. The van der Waals surface area contributed by atoms with E-state index in [1.165, 1.54) is 6.08 Å². The normalized spacial score (nSPS) is 12.2. The van der Waals surface area contributed by atoms with E-state index in [1.54, 1.807) is 26.4 Å². The average molecular weight is 354 g/mol. The minimum atomic E-state index is -0.150. The summed E-state index contributed by atoms with van der Waals surface area (Å²) in [5.41, 5.74) is 1.91. The van der Waals surface area contributed by atoms with Crippen LogP contribution in [0.15, 0.2) is 54.6 Å². The molecule has 0 spiro atoms. The molecule has 5 nitrogen and oxygen atoms in total. The molecule has 0 aromatic heterocycles. The van der Waals surface area contributed by atoms with E-state index in [9.17, 15) is 4.79 Å². The lowest BCUT2D eigenvalue weighted by molar-refractivity contribution is -0.117. The van der Waals surface area contributed by atoms with Gasteiger partial charge in [0.15, 0.2) is 0 Å². The predicted molar refractivity (Wildman–Crippen MR) is 104 cm³/mol. The number of rotatable bonds is 8. The Morgan fingerprint density at radius 1 is 1.08 bits per heavy atom. The summed E-state index contributed by atoms with van der Waals surface area (Å²) in [6, 6.07) is 15.4. The number of ether oxygens (including phenoxy) is 2. The number of amides is 1. The average Bonchev–Trinajstić information content (AvgIpc) is 2.65. The van der Waals surface area contributed by atoms with Crippen molar-refractivity contribution in [3.8, 4) is 11.5 Å². The van der Waals surface area contributed by atoms with E-state index in [2.05, 4.69) is 10.2 Å². The second-order valence-electron chi connectivity index (χ2n) is 6.21. The third-order valence-corrected chi connectivity index (χ3v) is 3.87.